The fourth-order valence-corrected chi connectivity index (χ4v) is 2.28. The first-order valence-electron chi connectivity index (χ1n) is 4.89. The lowest BCUT2D eigenvalue weighted by Gasteiger charge is -2.03. The van der Waals surface area contributed by atoms with Crippen molar-refractivity contribution < 1.29 is 0 Å². The zero-order valence-corrected chi connectivity index (χ0v) is 9.66. The van der Waals surface area contributed by atoms with Crippen LogP contribution in [0, 0.1) is 18.3 Å². The molecule has 0 amide bonds. The highest BCUT2D eigenvalue weighted by atomic mass is 32.2. The molecule has 0 saturated carbocycles. The van der Waals surface area contributed by atoms with Gasteiger partial charge in [0, 0.05) is 11.1 Å². The molecule has 1 heterocycles. The van der Waals surface area contributed by atoms with Gasteiger partial charge in [-0.1, -0.05) is 23.9 Å². The molecule has 78 valence electrons. The molecule has 16 heavy (non-hydrogen) atoms. The summed E-state index contributed by atoms with van der Waals surface area (Å²) in [5.41, 5.74) is 1.85. The Labute approximate surface area is 99.0 Å². The number of nitrogens with zero attached hydrogens (tertiary/aromatic N) is 2. The molecule has 0 fully saturated rings. The molecule has 2 nitrogen and oxygen atoms in total. The summed E-state index contributed by atoms with van der Waals surface area (Å²) in [5.74, 6) is 0. The molecule has 3 heteroatoms. The van der Waals surface area contributed by atoms with Crippen molar-refractivity contribution in [2.75, 3.05) is 0 Å². The Morgan fingerprint density at radius 3 is 2.81 bits per heavy atom. The first-order chi connectivity index (χ1) is 7.79. The van der Waals surface area contributed by atoms with Gasteiger partial charge in [-0.2, -0.15) is 5.26 Å². The molecule has 0 atom stereocenters. The lowest BCUT2D eigenvalue weighted by molar-refractivity contribution is 1.13. The van der Waals surface area contributed by atoms with Gasteiger partial charge >= 0.3 is 0 Å². The number of nitriles is 1. The van der Waals surface area contributed by atoms with Crippen molar-refractivity contribution in [1.82, 2.24) is 4.98 Å². The Bertz CT molecular complexity index is 529. The van der Waals surface area contributed by atoms with Gasteiger partial charge < -0.3 is 0 Å². The standard InChI is InChI=1S/C13H10N2S/c1-10-5-6-11(9-14)12(8-10)16-13-4-2-3-7-15-13/h2-8H,1H3. The molecule has 2 rings (SSSR count). The molecule has 0 saturated heterocycles. The second kappa shape index (κ2) is 4.82. The number of pyridine rings is 1. The van der Waals surface area contributed by atoms with Gasteiger partial charge in [0.2, 0.25) is 0 Å². The summed E-state index contributed by atoms with van der Waals surface area (Å²) in [5, 5.41) is 9.91. The summed E-state index contributed by atoms with van der Waals surface area (Å²) >= 11 is 1.52. The van der Waals surface area contributed by atoms with Gasteiger partial charge in [0.15, 0.2) is 0 Å². The minimum atomic E-state index is 0.696. The van der Waals surface area contributed by atoms with Crippen molar-refractivity contribution in [3.8, 4) is 6.07 Å². The molecule has 1 aromatic heterocycles. The molecule has 0 spiro atoms. The largest absolute Gasteiger partial charge is 0.250 e. The van der Waals surface area contributed by atoms with E-state index in [-0.39, 0.29) is 0 Å². The predicted molar refractivity (Wildman–Crippen MR) is 64.3 cm³/mol. The van der Waals surface area contributed by atoms with Crippen LogP contribution in [0.5, 0.6) is 0 Å². The summed E-state index contributed by atoms with van der Waals surface area (Å²) in [6.45, 7) is 2.02. The summed E-state index contributed by atoms with van der Waals surface area (Å²) < 4.78 is 0. The minimum absolute atomic E-state index is 0.696. The molecule has 0 aliphatic carbocycles. The van der Waals surface area contributed by atoms with Crippen LogP contribution in [-0.2, 0) is 0 Å². The van der Waals surface area contributed by atoms with Gasteiger partial charge in [-0.3, -0.25) is 0 Å². The second-order valence-corrected chi connectivity index (χ2v) is 4.44. The molecule has 0 radical (unpaired) electrons. The van der Waals surface area contributed by atoms with E-state index in [2.05, 4.69) is 11.1 Å². The number of hydrogen-bond donors (Lipinski definition) is 0. The van der Waals surface area contributed by atoms with Crippen LogP contribution in [0.25, 0.3) is 0 Å². The van der Waals surface area contributed by atoms with E-state index in [1.807, 2.05) is 43.3 Å². The Morgan fingerprint density at radius 2 is 2.12 bits per heavy atom. The van der Waals surface area contributed by atoms with Gasteiger partial charge in [-0.15, -0.1) is 0 Å². The highest BCUT2D eigenvalue weighted by molar-refractivity contribution is 7.99. The van der Waals surface area contributed by atoms with Crippen LogP contribution in [0.1, 0.15) is 11.1 Å². The van der Waals surface area contributed by atoms with Gasteiger partial charge in [-0.25, -0.2) is 4.98 Å². The molecule has 1 aromatic carbocycles. The zero-order valence-electron chi connectivity index (χ0n) is 8.84. The van der Waals surface area contributed by atoms with Gasteiger partial charge in [0.1, 0.15) is 11.1 Å². The third-order valence-electron chi connectivity index (χ3n) is 2.11. The zero-order chi connectivity index (χ0) is 11.4. The van der Waals surface area contributed by atoms with E-state index in [4.69, 9.17) is 5.26 Å². The van der Waals surface area contributed by atoms with Gasteiger partial charge in [-0.05, 0) is 36.8 Å². The molecule has 0 N–H and O–H groups in total. The summed E-state index contributed by atoms with van der Waals surface area (Å²) in [7, 11) is 0. The van der Waals surface area contributed by atoms with Crippen LogP contribution >= 0.6 is 11.8 Å². The highest BCUT2D eigenvalue weighted by Gasteiger charge is 2.04. The fourth-order valence-electron chi connectivity index (χ4n) is 1.33. The number of rotatable bonds is 2. The van der Waals surface area contributed by atoms with Crippen molar-refractivity contribution in [1.29, 1.82) is 5.26 Å². The molecule has 0 unspecified atom stereocenters. The molecular weight excluding hydrogens is 216 g/mol. The van der Waals surface area contributed by atoms with E-state index in [9.17, 15) is 0 Å². The van der Waals surface area contributed by atoms with Crippen LogP contribution in [-0.4, -0.2) is 4.98 Å². The summed E-state index contributed by atoms with van der Waals surface area (Å²) in [6, 6.07) is 13.8. The van der Waals surface area contributed by atoms with E-state index in [1.54, 1.807) is 6.20 Å². The van der Waals surface area contributed by atoms with Gasteiger partial charge in [0.05, 0.1) is 5.56 Å². The molecule has 0 bridgehead atoms. The maximum atomic E-state index is 9.00. The number of benzene rings is 1. The van der Waals surface area contributed by atoms with E-state index < -0.39 is 0 Å². The van der Waals surface area contributed by atoms with Crippen LogP contribution < -0.4 is 0 Å². The number of aryl methyl sites for hydroxylation is 1. The normalized spacial score (nSPS) is 9.75. The van der Waals surface area contributed by atoms with Gasteiger partial charge in [0.25, 0.3) is 0 Å². The first kappa shape index (κ1) is 10.7. The average molecular weight is 226 g/mol. The van der Waals surface area contributed by atoms with E-state index in [1.165, 1.54) is 11.8 Å². The number of hydrogen-bond acceptors (Lipinski definition) is 3. The molecule has 2 aromatic rings. The minimum Gasteiger partial charge on any atom is -0.250 e. The van der Waals surface area contributed by atoms with E-state index >= 15 is 0 Å². The van der Waals surface area contributed by atoms with Crippen LogP contribution in [0.3, 0.4) is 0 Å². The van der Waals surface area contributed by atoms with Crippen LogP contribution in [0.2, 0.25) is 0 Å². The van der Waals surface area contributed by atoms with Crippen molar-refractivity contribution >= 4 is 11.8 Å². The Morgan fingerprint density at radius 1 is 1.25 bits per heavy atom. The van der Waals surface area contributed by atoms with Crippen molar-refractivity contribution in [3.05, 3.63) is 53.7 Å². The smallest absolute Gasteiger partial charge is 0.101 e. The van der Waals surface area contributed by atoms with Crippen molar-refractivity contribution in [2.45, 2.75) is 16.8 Å². The van der Waals surface area contributed by atoms with Crippen LogP contribution in [0.4, 0.5) is 0 Å². The van der Waals surface area contributed by atoms with E-state index in [0.29, 0.717) is 5.56 Å². The third kappa shape index (κ3) is 2.41. The second-order valence-electron chi connectivity index (χ2n) is 3.38. The van der Waals surface area contributed by atoms with Crippen LogP contribution in [0.15, 0.2) is 52.5 Å². The molecule has 0 aliphatic heterocycles. The van der Waals surface area contributed by atoms with Crippen molar-refractivity contribution in [2.24, 2.45) is 0 Å². The lowest BCUT2D eigenvalue weighted by atomic mass is 10.2. The Hall–Kier alpha value is -1.79. The topological polar surface area (TPSA) is 36.7 Å². The molecular formula is C13H10N2S. The highest BCUT2D eigenvalue weighted by Crippen LogP contribution is 2.29. The Balaban J connectivity index is 2.35. The maximum absolute atomic E-state index is 9.00. The third-order valence-corrected chi connectivity index (χ3v) is 3.12. The first-order valence-corrected chi connectivity index (χ1v) is 5.71. The SMILES string of the molecule is Cc1ccc(C#N)c(Sc2ccccn2)c1. The average Bonchev–Trinajstić information content (AvgIpc) is 2.31. The lowest BCUT2D eigenvalue weighted by Crippen LogP contribution is -1.84. The molecule has 0 aliphatic rings. The number of aromatic nitrogens is 1. The summed E-state index contributed by atoms with van der Waals surface area (Å²) in [6.07, 6.45) is 1.75. The summed E-state index contributed by atoms with van der Waals surface area (Å²) in [4.78, 5) is 5.19. The predicted octanol–water partition coefficient (Wildman–Crippen LogP) is 3.41. The van der Waals surface area contributed by atoms with E-state index in [0.717, 1.165) is 15.5 Å². The maximum Gasteiger partial charge on any atom is 0.101 e. The Kier molecular flexibility index (Phi) is 3.23. The fraction of sp³-hybridized carbons (Fsp3) is 0.0769. The monoisotopic (exact) mass is 226 g/mol. The quantitative estimate of drug-likeness (QED) is 0.787. The van der Waals surface area contributed by atoms with Crippen molar-refractivity contribution in [3.63, 3.8) is 0 Å².